The lowest BCUT2D eigenvalue weighted by Gasteiger charge is -2.21. The molecule has 0 saturated heterocycles. The Kier molecular flexibility index (Phi) is 4.32. The lowest BCUT2D eigenvalue weighted by Crippen LogP contribution is -2.19. The zero-order valence-electron chi connectivity index (χ0n) is 10.8. The Bertz CT molecular complexity index is 601. The third-order valence-electron chi connectivity index (χ3n) is 3.01. The molecule has 0 atom stereocenters. The number of pyridine rings is 1. The number of rotatable bonds is 3. The Hall–Kier alpha value is -1.26. The largest absolute Gasteiger partial charge is 0.397 e. The van der Waals surface area contributed by atoms with Crippen molar-refractivity contribution in [2.75, 3.05) is 17.7 Å². The first-order valence-electron chi connectivity index (χ1n) is 5.86. The van der Waals surface area contributed by atoms with Crippen LogP contribution in [0.15, 0.2) is 34.9 Å². The van der Waals surface area contributed by atoms with Gasteiger partial charge in [-0.15, -0.1) is 0 Å². The fourth-order valence-electron chi connectivity index (χ4n) is 1.80. The molecule has 2 N–H and O–H groups in total. The van der Waals surface area contributed by atoms with Crippen LogP contribution in [-0.2, 0) is 6.54 Å². The molecule has 3 nitrogen and oxygen atoms in total. The molecule has 0 aliphatic heterocycles. The Labute approximate surface area is 126 Å². The minimum atomic E-state index is 0.682. The second-order valence-electron chi connectivity index (χ2n) is 4.42. The van der Waals surface area contributed by atoms with Crippen LogP contribution in [0.2, 0.25) is 5.02 Å². The molecule has 1 aromatic carbocycles. The van der Waals surface area contributed by atoms with E-state index in [-0.39, 0.29) is 0 Å². The van der Waals surface area contributed by atoms with Crippen molar-refractivity contribution in [2.45, 2.75) is 13.5 Å². The highest BCUT2D eigenvalue weighted by Gasteiger charge is 2.12. The highest BCUT2D eigenvalue weighted by Crippen LogP contribution is 2.31. The zero-order chi connectivity index (χ0) is 14.0. The monoisotopic (exact) mass is 339 g/mol. The van der Waals surface area contributed by atoms with Crippen LogP contribution in [0.4, 0.5) is 11.5 Å². The quantitative estimate of drug-likeness (QED) is 0.917. The van der Waals surface area contributed by atoms with Crippen LogP contribution in [-0.4, -0.2) is 12.0 Å². The zero-order valence-corrected chi connectivity index (χ0v) is 13.2. The SMILES string of the molecule is Cc1c(N)cnc(N(C)Cc2ccccc2Cl)c1Br. The molecule has 1 heterocycles. The lowest BCUT2D eigenvalue weighted by atomic mass is 10.2. The van der Waals surface area contributed by atoms with Crippen molar-refractivity contribution >= 4 is 39.0 Å². The van der Waals surface area contributed by atoms with E-state index in [1.807, 2.05) is 43.1 Å². The van der Waals surface area contributed by atoms with E-state index < -0.39 is 0 Å². The van der Waals surface area contributed by atoms with Gasteiger partial charge in [0.25, 0.3) is 0 Å². The summed E-state index contributed by atoms with van der Waals surface area (Å²) in [7, 11) is 1.98. The number of nitrogens with two attached hydrogens (primary N) is 1. The summed E-state index contributed by atoms with van der Waals surface area (Å²) in [6, 6.07) is 7.80. The summed E-state index contributed by atoms with van der Waals surface area (Å²) in [5.74, 6) is 0.853. The second-order valence-corrected chi connectivity index (χ2v) is 5.62. The number of benzene rings is 1. The minimum absolute atomic E-state index is 0.682. The molecule has 100 valence electrons. The molecule has 0 unspecified atom stereocenters. The van der Waals surface area contributed by atoms with E-state index in [9.17, 15) is 0 Å². The molecule has 2 rings (SSSR count). The molecule has 0 saturated carbocycles. The van der Waals surface area contributed by atoms with E-state index in [2.05, 4.69) is 20.9 Å². The van der Waals surface area contributed by atoms with E-state index >= 15 is 0 Å². The van der Waals surface area contributed by atoms with Gasteiger partial charge in [0.1, 0.15) is 5.82 Å². The van der Waals surface area contributed by atoms with Crippen LogP contribution in [0.5, 0.6) is 0 Å². The normalized spacial score (nSPS) is 10.5. The van der Waals surface area contributed by atoms with Gasteiger partial charge in [-0.2, -0.15) is 0 Å². The second kappa shape index (κ2) is 5.80. The number of hydrogen-bond donors (Lipinski definition) is 1. The summed E-state index contributed by atoms with van der Waals surface area (Å²) < 4.78 is 0.919. The van der Waals surface area contributed by atoms with Crippen molar-refractivity contribution in [3.63, 3.8) is 0 Å². The van der Waals surface area contributed by atoms with Crippen LogP contribution < -0.4 is 10.6 Å². The van der Waals surface area contributed by atoms with Crippen molar-refractivity contribution in [3.05, 3.63) is 51.1 Å². The Morgan fingerprint density at radius 1 is 1.37 bits per heavy atom. The van der Waals surface area contributed by atoms with E-state index in [4.69, 9.17) is 17.3 Å². The molecule has 0 aliphatic rings. The fourth-order valence-corrected chi connectivity index (χ4v) is 2.63. The third-order valence-corrected chi connectivity index (χ3v) is 4.33. The van der Waals surface area contributed by atoms with Gasteiger partial charge in [-0.1, -0.05) is 29.8 Å². The molecule has 19 heavy (non-hydrogen) atoms. The summed E-state index contributed by atoms with van der Waals surface area (Å²) in [4.78, 5) is 6.41. The minimum Gasteiger partial charge on any atom is -0.397 e. The summed E-state index contributed by atoms with van der Waals surface area (Å²) in [5.41, 5.74) is 8.58. The molecule has 2 aromatic rings. The van der Waals surface area contributed by atoms with Crippen molar-refractivity contribution in [2.24, 2.45) is 0 Å². The molecular formula is C14H15BrClN3. The molecule has 1 aromatic heterocycles. The summed E-state index contributed by atoms with van der Waals surface area (Å²) in [5, 5.41) is 0.762. The predicted octanol–water partition coefficient (Wildman–Crippen LogP) is 4.02. The highest BCUT2D eigenvalue weighted by molar-refractivity contribution is 9.10. The maximum atomic E-state index is 6.17. The van der Waals surface area contributed by atoms with Gasteiger partial charge in [0.15, 0.2) is 0 Å². The van der Waals surface area contributed by atoms with Crippen molar-refractivity contribution in [3.8, 4) is 0 Å². The maximum Gasteiger partial charge on any atom is 0.143 e. The Morgan fingerprint density at radius 2 is 2.05 bits per heavy atom. The van der Waals surface area contributed by atoms with Crippen molar-refractivity contribution < 1.29 is 0 Å². The molecular weight excluding hydrogens is 326 g/mol. The van der Waals surface area contributed by atoms with Gasteiger partial charge in [-0.05, 0) is 40.0 Å². The van der Waals surface area contributed by atoms with E-state index in [0.29, 0.717) is 12.2 Å². The number of nitrogen functional groups attached to an aromatic ring is 1. The third kappa shape index (κ3) is 3.01. The summed E-state index contributed by atoms with van der Waals surface area (Å²) >= 11 is 9.72. The average molecular weight is 341 g/mol. The molecule has 0 spiro atoms. The van der Waals surface area contributed by atoms with Crippen molar-refractivity contribution in [1.82, 2.24) is 4.98 Å². The fraction of sp³-hybridized carbons (Fsp3) is 0.214. The van der Waals surface area contributed by atoms with Crippen LogP contribution in [0.3, 0.4) is 0 Å². The molecule has 0 aliphatic carbocycles. The van der Waals surface area contributed by atoms with Gasteiger partial charge in [-0.3, -0.25) is 0 Å². The van der Waals surface area contributed by atoms with Gasteiger partial charge >= 0.3 is 0 Å². The molecule has 5 heteroatoms. The topological polar surface area (TPSA) is 42.1 Å². The Balaban J connectivity index is 2.28. The van der Waals surface area contributed by atoms with E-state index in [0.717, 1.165) is 26.4 Å². The number of nitrogens with zero attached hydrogens (tertiary/aromatic N) is 2. The summed E-state index contributed by atoms with van der Waals surface area (Å²) in [6.45, 7) is 2.66. The van der Waals surface area contributed by atoms with E-state index in [1.54, 1.807) is 6.20 Å². The van der Waals surface area contributed by atoms with Crippen LogP contribution in [0.1, 0.15) is 11.1 Å². The highest BCUT2D eigenvalue weighted by atomic mass is 79.9. The van der Waals surface area contributed by atoms with Gasteiger partial charge in [0, 0.05) is 18.6 Å². The first kappa shape index (κ1) is 14.2. The first-order valence-corrected chi connectivity index (χ1v) is 7.03. The standard InChI is InChI=1S/C14H15BrClN3/c1-9-12(17)7-18-14(13(9)15)19(2)8-10-5-3-4-6-11(10)16/h3-7H,8,17H2,1-2H3. The summed E-state index contributed by atoms with van der Waals surface area (Å²) in [6.07, 6.45) is 1.68. The predicted molar refractivity (Wildman–Crippen MR) is 84.6 cm³/mol. The Morgan fingerprint density at radius 3 is 2.74 bits per heavy atom. The first-order chi connectivity index (χ1) is 9.00. The van der Waals surface area contributed by atoms with Crippen molar-refractivity contribution in [1.29, 1.82) is 0 Å². The molecule has 0 bridgehead atoms. The average Bonchev–Trinajstić information content (AvgIpc) is 2.39. The number of aromatic nitrogens is 1. The molecule has 0 amide bonds. The molecule has 0 fully saturated rings. The van der Waals surface area contributed by atoms with E-state index in [1.165, 1.54) is 0 Å². The number of anilines is 2. The molecule has 0 radical (unpaired) electrons. The van der Waals surface area contributed by atoms with Gasteiger partial charge in [-0.25, -0.2) is 4.98 Å². The van der Waals surface area contributed by atoms with Gasteiger partial charge in [0.2, 0.25) is 0 Å². The van der Waals surface area contributed by atoms with Crippen LogP contribution in [0.25, 0.3) is 0 Å². The number of halogens is 2. The smallest absolute Gasteiger partial charge is 0.143 e. The lowest BCUT2D eigenvalue weighted by molar-refractivity contribution is 0.892. The van der Waals surface area contributed by atoms with Gasteiger partial charge in [0.05, 0.1) is 16.4 Å². The maximum absolute atomic E-state index is 6.17. The van der Waals surface area contributed by atoms with Crippen LogP contribution in [0, 0.1) is 6.92 Å². The number of hydrogen-bond acceptors (Lipinski definition) is 3. The van der Waals surface area contributed by atoms with Gasteiger partial charge < -0.3 is 10.6 Å². The van der Waals surface area contributed by atoms with Crippen LogP contribution >= 0.6 is 27.5 Å².